The summed E-state index contributed by atoms with van der Waals surface area (Å²) in [6, 6.07) is 12.1. The van der Waals surface area contributed by atoms with Crippen LogP contribution in [0.25, 0.3) is 6.08 Å². The summed E-state index contributed by atoms with van der Waals surface area (Å²) in [6.07, 6.45) is 16.0. The van der Waals surface area contributed by atoms with Crippen LogP contribution in [0, 0.1) is 16.0 Å². The molecule has 0 spiro atoms. The molecule has 49 heavy (non-hydrogen) atoms. The summed E-state index contributed by atoms with van der Waals surface area (Å²) >= 11 is 7.57. The van der Waals surface area contributed by atoms with Crippen LogP contribution in [0.15, 0.2) is 72.2 Å². The van der Waals surface area contributed by atoms with E-state index in [0.29, 0.717) is 29.4 Å². The number of ether oxygens (including phenoxy) is 4. The molecule has 12 nitrogen and oxygen atoms in total. The van der Waals surface area contributed by atoms with Crippen LogP contribution in [0.5, 0.6) is 17.2 Å². The first-order valence-corrected chi connectivity index (χ1v) is 17.2. The second kappa shape index (κ2) is 24.6. The molecule has 14 heteroatoms. The third kappa shape index (κ3) is 19.2. The lowest BCUT2D eigenvalue weighted by atomic mass is 10.1. The van der Waals surface area contributed by atoms with Gasteiger partial charge in [0, 0.05) is 17.5 Å². The monoisotopic (exact) mass is 718 g/mol. The minimum Gasteiger partial charge on any atom is -0.493 e. The highest BCUT2D eigenvalue weighted by molar-refractivity contribution is 8.02. The number of carbonyl (C=O) groups excluding carboxylic acids is 3. The third-order valence-electron chi connectivity index (χ3n) is 6.72. The quantitative estimate of drug-likeness (QED) is 0.0227. The molecule has 2 aromatic carbocycles. The van der Waals surface area contributed by atoms with Crippen LogP contribution in [0.2, 0.25) is 5.02 Å². The van der Waals surface area contributed by atoms with E-state index in [-0.39, 0.29) is 37.2 Å². The van der Waals surface area contributed by atoms with E-state index >= 15 is 0 Å². The highest BCUT2D eigenvalue weighted by Crippen LogP contribution is 2.29. The van der Waals surface area contributed by atoms with Crippen LogP contribution in [-0.2, 0) is 24.0 Å². The number of allylic oxidation sites excluding steroid dienone is 3. The molecule has 3 rings (SSSR count). The Hall–Kier alpha value is -4.49. The van der Waals surface area contributed by atoms with Crippen molar-refractivity contribution in [2.45, 2.75) is 51.9 Å². The Morgan fingerprint density at radius 1 is 1.10 bits per heavy atom. The van der Waals surface area contributed by atoms with Crippen LogP contribution < -0.4 is 19.5 Å². The Labute approximate surface area is 295 Å². The fourth-order valence-electron chi connectivity index (χ4n) is 4.32. The summed E-state index contributed by atoms with van der Waals surface area (Å²) in [6.45, 7) is 0.993. The second-order valence-corrected chi connectivity index (χ2v) is 11.7. The highest BCUT2D eigenvalue weighted by atomic mass is 35.5. The number of thioether (sulfide) groups is 1. The summed E-state index contributed by atoms with van der Waals surface area (Å²) < 4.78 is 20.7. The van der Waals surface area contributed by atoms with E-state index in [0.717, 1.165) is 24.2 Å². The van der Waals surface area contributed by atoms with Crippen molar-refractivity contribution in [1.29, 1.82) is 0 Å². The lowest BCUT2D eigenvalue weighted by molar-refractivity contribution is -0.757. The van der Waals surface area contributed by atoms with E-state index in [1.165, 1.54) is 51.0 Å². The summed E-state index contributed by atoms with van der Waals surface area (Å²) in [4.78, 5) is 49.3. The molecule has 1 saturated carbocycles. The predicted octanol–water partition coefficient (Wildman–Crippen LogP) is 7.34. The first-order valence-electron chi connectivity index (χ1n) is 15.8. The highest BCUT2D eigenvalue weighted by Gasteiger charge is 2.13. The van der Waals surface area contributed by atoms with Crippen LogP contribution in [0.3, 0.4) is 0 Å². The average Bonchev–Trinajstić information content (AvgIpc) is 3.61. The lowest BCUT2D eigenvalue weighted by Crippen LogP contribution is -2.31. The number of halogens is 1. The van der Waals surface area contributed by atoms with Crippen LogP contribution in [0.1, 0.15) is 57.4 Å². The molecule has 0 atom stereocenters. The van der Waals surface area contributed by atoms with E-state index in [9.17, 15) is 24.5 Å². The van der Waals surface area contributed by atoms with Crippen LogP contribution >= 0.6 is 23.4 Å². The van der Waals surface area contributed by atoms with Crippen LogP contribution in [0.4, 0.5) is 0 Å². The topological polar surface area (TPSA) is 153 Å². The largest absolute Gasteiger partial charge is 0.493 e. The second-order valence-electron chi connectivity index (χ2n) is 10.4. The van der Waals surface area contributed by atoms with Crippen LogP contribution in [-0.4, -0.2) is 55.7 Å². The van der Waals surface area contributed by atoms with Gasteiger partial charge in [-0.15, -0.1) is 10.1 Å². The van der Waals surface area contributed by atoms with Crippen molar-refractivity contribution in [1.82, 2.24) is 5.32 Å². The summed E-state index contributed by atoms with van der Waals surface area (Å²) in [5, 5.41) is 14.4. The predicted molar refractivity (Wildman–Crippen MR) is 189 cm³/mol. The van der Waals surface area contributed by atoms with E-state index in [1.54, 1.807) is 17.8 Å². The Morgan fingerprint density at radius 2 is 1.90 bits per heavy atom. The zero-order chi connectivity index (χ0) is 35.7. The molecule has 0 radical (unpaired) electrons. The zero-order valence-corrected chi connectivity index (χ0v) is 29.2. The van der Waals surface area contributed by atoms with Gasteiger partial charge in [0.2, 0.25) is 5.91 Å². The maximum atomic E-state index is 12.0. The molecule has 0 saturated heterocycles. The number of unbranched alkanes of at least 4 members (excludes halogenated alkanes) is 1. The van der Waals surface area contributed by atoms with Crippen molar-refractivity contribution in [3.8, 4) is 17.2 Å². The number of hydrogen-bond acceptors (Lipinski definition) is 11. The number of nitrogens with one attached hydrogen (secondary N) is 1. The molecule has 0 aliphatic heterocycles. The molecule has 0 unspecified atom stereocenters. The van der Waals surface area contributed by atoms with Crippen molar-refractivity contribution in [3.63, 3.8) is 0 Å². The standard InChI is InChI=1S/C21H26N2O9.C14H17ClOS/c1-3-4-5-6-7-19(24)22-15-21(26)32-17-10-8-16(14-18(17)29-2)9-11-20(25)30-12-13-31-23(27)28;15-13-6-3-7-14(10-13)16-11-17-9-8-12-4-1-2-5-12/h3-4,8-11,14H,5-7,12-13,15H2,1-2H3,(H,22,24);3,6-10,12H,1-2,4-5,11H2/b4-3-,11-9+;9-8+. The SMILES string of the molecule is C/C=C\CCCC(=O)NCC(=O)Oc1ccc(/C=C/C(=O)OCCO[N+](=O)[O-])cc1OC.Clc1cccc(OCS/C=C/C2CCCC2)c1. The van der Waals surface area contributed by atoms with Gasteiger partial charge in [-0.3, -0.25) is 4.79 Å². The van der Waals surface area contributed by atoms with Crippen molar-refractivity contribution in [2.75, 3.05) is 32.8 Å². The van der Waals surface area contributed by atoms with E-state index < -0.39 is 17.0 Å². The number of nitrogens with zero attached hydrogens (tertiary/aromatic N) is 1. The number of hydrogen-bond donors (Lipinski definition) is 1. The number of amides is 1. The zero-order valence-electron chi connectivity index (χ0n) is 27.7. The fraction of sp³-hybridized carbons (Fsp3) is 0.400. The Morgan fingerprint density at radius 3 is 2.61 bits per heavy atom. The van der Waals surface area contributed by atoms with Gasteiger partial charge in [0.25, 0.3) is 5.09 Å². The molecule has 1 N–H and O–H groups in total. The molecule has 266 valence electrons. The van der Waals surface area contributed by atoms with E-state index in [1.807, 2.05) is 43.3 Å². The van der Waals surface area contributed by atoms with Crippen molar-refractivity contribution in [2.24, 2.45) is 5.92 Å². The molecule has 0 bridgehead atoms. The van der Waals surface area contributed by atoms with Gasteiger partial charge in [-0.05, 0) is 85.9 Å². The number of benzene rings is 2. The van der Waals surface area contributed by atoms with Gasteiger partial charge < -0.3 is 29.1 Å². The minimum absolute atomic E-state index is 0.150. The van der Waals surface area contributed by atoms with Gasteiger partial charge >= 0.3 is 11.9 Å². The van der Waals surface area contributed by atoms with Gasteiger partial charge in [0.1, 0.15) is 31.4 Å². The first-order chi connectivity index (χ1) is 23.7. The Kier molecular flexibility index (Phi) is 20.4. The van der Waals surface area contributed by atoms with Gasteiger partial charge in [-0.2, -0.15) is 0 Å². The molecular weight excluding hydrogens is 676 g/mol. The summed E-state index contributed by atoms with van der Waals surface area (Å²) in [5.41, 5.74) is 0.551. The normalized spacial score (nSPS) is 12.8. The fourth-order valence-corrected chi connectivity index (χ4v) is 5.11. The lowest BCUT2D eigenvalue weighted by Gasteiger charge is -2.10. The Bertz CT molecular complexity index is 1430. The van der Waals surface area contributed by atoms with Gasteiger partial charge in [0.05, 0.1) is 7.11 Å². The number of rotatable bonds is 19. The number of methoxy groups -OCH3 is 1. The summed E-state index contributed by atoms with van der Waals surface area (Å²) in [5.74, 6) is 1.05. The molecule has 0 aromatic heterocycles. The maximum Gasteiger partial charge on any atom is 0.330 e. The average molecular weight is 719 g/mol. The van der Waals surface area contributed by atoms with Gasteiger partial charge in [0.15, 0.2) is 11.5 Å². The molecule has 1 amide bonds. The molecule has 0 heterocycles. The molecule has 2 aromatic rings. The number of carbonyl (C=O) groups is 3. The van der Waals surface area contributed by atoms with Crippen molar-refractivity contribution >= 4 is 47.3 Å². The first kappa shape index (κ1) is 40.7. The minimum atomic E-state index is -0.981. The van der Waals surface area contributed by atoms with Crippen molar-refractivity contribution in [3.05, 3.63) is 92.9 Å². The molecule has 1 aliphatic rings. The number of esters is 2. The molecule has 1 aliphatic carbocycles. The molecular formula is C35H43ClN2O10S. The van der Waals surface area contributed by atoms with E-state index in [4.69, 9.17) is 30.5 Å². The van der Waals surface area contributed by atoms with Gasteiger partial charge in [-0.1, -0.05) is 66.6 Å². The van der Waals surface area contributed by atoms with Gasteiger partial charge in [-0.25, -0.2) is 9.59 Å². The summed E-state index contributed by atoms with van der Waals surface area (Å²) in [7, 11) is 1.39. The third-order valence-corrected chi connectivity index (χ3v) is 7.56. The molecule has 1 fully saturated rings. The maximum absolute atomic E-state index is 12.0. The smallest absolute Gasteiger partial charge is 0.330 e. The Balaban J connectivity index is 0.000000407. The van der Waals surface area contributed by atoms with E-state index in [2.05, 4.69) is 21.6 Å². The van der Waals surface area contributed by atoms with Crippen molar-refractivity contribution < 1.29 is 43.3 Å².